The topological polar surface area (TPSA) is 25.8 Å². The van der Waals surface area contributed by atoms with Gasteiger partial charge in [-0.1, -0.05) is 34.5 Å². The van der Waals surface area contributed by atoms with Crippen molar-refractivity contribution >= 4 is 27.5 Å². The minimum absolute atomic E-state index is 0.0193. The first-order chi connectivity index (χ1) is 9.31. The molecule has 0 amide bonds. The van der Waals surface area contributed by atoms with Crippen molar-refractivity contribution in [1.82, 2.24) is 9.97 Å². The first-order valence-electron chi connectivity index (χ1n) is 5.72. The van der Waals surface area contributed by atoms with Crippen molar-refractivity contribution in [2.75, 3.05) is 0 Å². The van der Waals surface area contributed by atoms with E-state index in [1.807, 2.05) is 6.92 Å². The first kappa shape index (κ1) is 15.3. The number of rotatable bonds is 2. The molecule has 0 unspecified atom stereocenters. The lowest BCUT2D eigenvalue weighted by Gasteiger charge is -2.13. The Morgan fingerprint density at radius 2 is 1.90 bits per heavy atom. The van der Waals surface area contributed by atoms with E-state index >= 15 is 0 Å². The number of aryl methyl sites for hydroxylation is 1. The molecule has 0 aliphatic heterocycles. The van der Waals surface area contributed by atoms with E-state index in [1.165, 1.54) is 18.2 Å². The quantitative estimate of drug-likeness (QED) is 0.689. The molecule has 106 valence electrons. The van der Waals surface area contributed by atoms with Crippen molar-refractivity contribution in [1.29, 1.82) is 0 Å². The number of hydrogen-bond acceptors (Lipinski definition) is 2. The Morgan fingerprint density at radius 1 is 1.20 bits per heavy atom. The van der Waals surface area contributed by atoms with Crippen LogP contribution < -0.4 is 0 Å². The highest BCUT2D eigenvalue weighted by Crippen LogP contribution is 2.37. The van der Waals surface area contributed by atoms with Crippen LogP contribution in [0.25, 0.3) is 11.4 Å². The zero-order valence-electron chi connectivity index (χ0n) is 10.3. The molecule has 1 aromatic carbocycles. The summed E-state index contributed by atoms with van der Waals surface area (Å²) in [7, 11) is 0. The van der Waals surface area contributed by atoms with E-state index in [0.717, 1.165) is 6.07 Å². The summed E-state index contributed by atoms with van der Waals surface area (Å²) in [6.45, 7) is 1.84. The number of nitrogens with zero attached hydrogens (tertiary/aromatic N) is 2. The largest absolute Gasteiger partial charge is 0.417 e. The molecule has 0 saturated heterocycles. The zero-order valence-corrected chi connectivity index (χ0v) is 12.6. The van der Waals surface area contributed by atoms with Crippen molar-refractivity contribution in [3.8, 4) is 11.4 Å². The average Bonchev–Trinajstić information content (AvgIpc) is 2.36. The van der Waals surface area contributed by atoms with Crippen molar-refractivity contribution in [2.45, 2.75) is 19.5 Å². The van der Waals surface area contributed by atoms with E-state index < -0.39 is 11.7 Å². The number of alkyl halides is 3. The molecule has 0 fully saturated rings. The summed E-state index contributed by atoms with van der Waals surface area (Å²) in [6.07, 6.45) is -3.93. The van der Waals surface area contributed by atoms with Crippen LogP contribution in [0.4, 0.5) is 13.2 Å². The Hall–Kier alpha value is -1.14. The van der Waals surface area contributed by atoms with Gasteiger partial charge in [-0.15, -0.1) is 0 Å². The lowest BCUT2D eigenvalue weighted by Crippen LogP contribution is -2.09. The Balaban J connectivity index is 2.66. The maximum Gasteiger partial charge on any atom is 0.417 e. The molecule has 2 nitrogen and oxygen atoms in total. The van der Waals surface area contributed by atoms with Crippen LogP contribution in [-0.2, 0) is 12.6 Å². The summed E-state index contributed by atoms with van der Waals surface area (Å²) in [5, 5.41) is 0.128. The van der Waals surface area contributed by atoms with Crippen LogP contribution >= 0.6 is 27.5 Å². The highest BCUT2D eigenvalue weighted by atomic mass is 79.9. The number of benzene rings is 1. The summed E-state index contributed by atoms with van der Waals surface area (Å²) in [5.41, 5.74) is -0.287. The van der Waals surface area contributed by atoms with E-state index in [9.17, 15) is 13.2 Å². The molecule has 7 heteroatoms. The molecule has 0 saturated carbocycles. The van der Waals surface area contributed by atoms with Crippen LogP contribution in [0, 0.1) is 0 Å². The first-order valence-corrected chi connectivity index (χ1v) is 6.89. The molecule has 2 rings (SSSR count). The Morgan fingerprint density at radius 3 is 2.50 bits per heavy atom. The van der Waals surface area contributed by atoms with E-state index in [4.69, 9.17) is 11.6 Å². The maximum absolute atomic E-state index is 13.1. The van der Waals surface area contributed by atoms with Gasteiger partial charge in [-0.2, -0.15) is 13.2 Å². The van der Waals surface area contributed by atoms with Gasteiger partial charge in [0, 0.05) is 15.7 Å². The highest BCUT2D eigenvalue weighted by molar-refractivity contribution is 9.10. The summed E-state index contributed by atoms with van der Waals surface area (Å²) in [6, 6.07) is 5.39. The predicted octanol–water partition coefficient (Wildman–Crippen LogP) is 5.14. The molecule has 1 aromatic heterocycles. The van der Waals surface area contributed by atoms with Gasteiger partial charge in [0.2, 0.25) is 0 Å². The van der Waals surface area contributed by atoms with E-state index in [0.29, 0.717) is 16.6 Å². The number of aromatic nitrogens is 2. The zero-order chi connectivity index (χ0) is 14.9. The Labute approximate surface area is 127 Å². The second-order valence-corrected chi connectivity index (χ2v) is 5.35. The van der Waals surface area contributed by atoms with Crippen LogP contribution in [0.2, 0.25) is 5.15 Å². The smallest absolute Gasteiger partial charge is 0.233 e. The molecule has 1 heterocycles. The number of halogens is 5. The second kappa shape index (κ2) is 5.69. The molecule has 2 aromatic rings. The van der Waals surface area contributed by atoms with Gasteiger partial charge < -0.3 is 0 Å². The SMILES string of the molecule is CCc1cc(Cl)nc(-c2ccc(Br)cc2C(F)(F)F)n1. The number of hydrogen-bond donors (Lipinski definition) is 0. The second-order valence-electron chi connectivity index (χ2n) is 4.05. The maximum atomic E-state index is 13.1. The summed E-state index contributed by atoms with van der Waals surface area (Å²) in [4.78, 5) is 8.01. The highest BCUT2D eigenvalue weighted by Gasteiger charge is 2.34. The van der Waals surface area contributed by atoms with Crippen molar-refractivity contribution in [3.05, 3.63) is 45.1 Å². The fourth-order valence-corrected chi connectivity index (χ4v) is 2.28. The fourth-order valence-electron chi connectivity index (χ4n) is 1.71. The van der Waals surface area contributed by atoms with Crippen LogP contribution in [0.15, 0.2) is 28.7 Å². The van der Waals surface area contributed by atoms with Gasteiger partial charge in [0.25, 0.3) is 0 Å². The summed E-state index contributed by atoms with van der Waals surface area (Å²) >= 11 is 8.87. The van der Waals surface area contributed by atoms with Gasteiger partial charge in [0.1, 0.15) is 5.15 Å². The Kier molecular flexibility index (Phi) is 4.34. The van der Waals surface area contributed by atoms with Crippen molar-refractivity contribution in [3.63, 3.8) is 0 Å². The molecule has 0 aliphatic rings. The van der Waals surface area contributed by atoms with Gasteiger partial charge in [0.05, 0.1) is 5.56 Å². The lowest BCUT2D eigenvalue weighted by atomic mass is 10.1. The van der Waals surface area contributed by atoms with Crippen molar-refractivity contribution in [2.24, 2.45) is 0 Å². The minimum atomic E-state index is -4.49. The molecule has 0 aliphatic carbocycles. The van der Waals surface area contributed by atoms with E-state index in [-0.39, 0.29) is 16.5 Å². The third-order valence-corrected chi connectivity index (χ3v) is 3.32. The normalized spacial score (nSPS) is 11.7. The summed E-state index contributed by atoms with van der Waals surface area (Å²) in [5.74, 6) is -0.0193. The Bertz CT molecular complexity index is 644. The molecule has 20 heavy (non-hydrogen) atoms. The van der Waals surface area contributed by atoms with Crippen molar-refractivity contribution < 1.29 is 13.2 Å². The third kappa shape index (κ3) is 3.30. The molecule has 0 N–H and O–H groups in total. The average molecular weight is 366 g/mol. The van der Waals surface area contributed by atoms with Gasteiger partial charge in [-0.05, 0) is 30.7 Å². The van der Waals surface area contributed by atoms with Gasteiger partial charge >= 0.3 is 6.18 Å². The molecule has 0 spiro atoms. The third-order valence-electron chi connectivity index (χ3n) is 2.64. The van der Waals surface area contributed by atoms with E-state index in [2.05, 4.69) is 25.9 Å². The van der Waals surface area contributed by atoms with Crippen LogP contribution in [0.3, 0.4) is 0 Å². The minimum Gasteiger partial charge on any atom is -0.233 e. The van der Waals surface area contributed by atoms with Crippen LogP contribution in [0.1, 0.15) is 18.2 Å². The molecule has 0 atom stereocenters. The monoisotopic (exact) mass is 364 g/mol. The van der Waals surface area contributed by atoms with Gasteiger partial charge in [-0.3, -0.25) is 0 Å². The fraction of sp³-hybridized carbons (Fsp3) is 0.231. The summed E-state index contributed by atoms with van der Waals surface area (Å²) < 4.78 is 39.6. The van der Waals surface area contributed by atoms with Gasteiger partial charge in [-0.25, -0.2) is 9.97 Å². The van der Waals surface area contributed by atoms with Gasteiger partial charge in [0.15, 0.2) is 5.82 Å². The van der Waals surface area contributed by atoms with Crippen LogP contribution in [0.5, 0.6) is 0 Å². The molecular weight excluding hydrogens is 357 g/mol. The van der Waals surface area contributed by atoms with E-state index in [1.54, 1.807) is 0 Å². The predicted molar refractivity (Wildman–Crippen MR) is 74.6 cm³/mol. The van der Waals surface area contributed by atoms with Crippen LogP contribution in [-0.4, -0.2) is 9.97 Å². The molecular formula is C13H9BrClF3N2. The lowest BCUT2D eigenvalue weighted by molar-refractivity contribution is -0.137. The molecule has 0 radical (unpaired) electrons. The standard InChI is InChI=1S/C13H9BrClF3N2/c1-2-8-6-11(15)20-12(19-8)9-4-3-7(14)5-10(9)13(16,17)18/h3-6H,2H2,1H3. The molecule has 0 bridgehead atoms.